The molecule has 0 saturated carbocycles. The second-order valence-corrected chi connectivity index (χ2v) is 7.76. The minimum atomic E-state index is -0.195. The zero-order valence-corrected chi connectivity index (χ0v) is 15.7. The molecule has 6 nitrogen and oxygen atoms in total. The van der Waals surface area contributed by atoms with Gasteiger partial charge in [-0.25, -0.2) is 13.3 Å². The van der Waals surface area contributed by atoms with E-state index >= 15 is 0 Å². The van der Waals surface area contributed by atoms with Crippen LogP contribution in [0.1, 0.15) is 19.4 Å². The van der Waals surface area contributed by atoms with Gasteiger partial charge in [0.1, 0.15) is 0 Å². The van der Waals surface area contributed by atoms with Crippen LogP contribution in [-0.2, 0) is 13.1 Å². The Morgan fingerprint density at radius 3 is 2.32 bits per heavy atom. The van der Waals surface area contributed by atoms with Crippen LogP contribution >= 0.6 is 11.5 Å². The maximum Gasteiger partial charge on any atom is 0.341 e. The molecule has 0 bridgehead atoms. The standard InChI is InChI=1S/C18H26N4O2S/c1-15(2)20-11-8-19(9-12-20)10-13-22-17(23)21(18(24)25-22)14-16-6-4-3-5-7-16/h3-7,15H,8-14H2,1-2H3. The third-order valence-electron chi connectivity index (χ3n) is 4.79. The van der Waals surface area contributed by atoms with Crippen LogP contribution in [0.4, 0.5) is 0 Å². The minimum absolute atomic E-state index is 0.182. The van der Waals surface area contributed by atoms with Gasteiger partial charge in [0.15, 0.2) is 0 Å². The molecular formula is C18H26N4O2S. The van der Waals surface area contributed by atoms with Crippen LogP contribution in [0.25, 0.3) is 0 Å². The van der Waals surface area contributed by atoms with Crippen molar-refractivity contribution in [1.29, 1.82) is 0 Å². The van der Waals surface area contributed by atoms with E-state index in [1.165, 1.54) is 4.57 Å². The number of piperazine rings is 1. The highest BCUT2D eigenvalue weighted by atomic mass is 32.1. The fourth-order valence-corrected chi connectivity index (χ4v) is 3.95. The summed E-state index contributed by atoms with van der Waals surface area (Å²) in [6.07, 6.45) is 0. The first kappa shape index (κ1) is 18.1. The fraction of sp³-hybridized carbons (Fsp3) is 0.556. The van der Waals surface area contributed by atoms with Crippen molar-refractivity contribution in [2.45, 2.75) is 33.0 Å². The van der Waals surface area contributed by atoms with Gasteiger partial charge in [0.05, 0.1) is 13.1 Å². The SMILES string of the molecule is CC(C)N1CCN(CCn2sc(=O)n(Cc3ccccc3)c2=O)CC1. The van der Waals surface area contributed by atoms with Gasteiger partial charge >= 0.3 is 10.6 Å². The van der Waals surface area contributed by atoms with Crippen LogP contribution in [0.5, 0.6) is 0 Å². The van der Waals surface area contributed by atoms with E-state index in [-0.39, 0.29) is 10.6 Å². The Labute approximate surface area is 152 Å². The molecule has 1 aromatic carbocycles. The summed E-state index contributed by atoms with van der Waals surface area (Å²) >= 11 is 1.03. The van der Waals surface area contributed by atoms with E-state index in [9.17, 15) is 9.59 Å². The first-order valence-electron chi connectivity index (χ1n) is 8.86. The van der Waals surface area contributed by atoms with Gasteiger partial charge in [-0.2, -0.15) is 0 Å². The molecule has 1 aliphatic rings. The highest BCUT2D eigenvalue weighted by Crippen LogP contribution is 2.06. The Balaban J connectivity index is 1.60. The monoisotopic (exact) mass is 362 g/mol. The van der Waals surface area contributed by atoms with Crippen molar-refractivity contribution < 1.29 is 0 Å². The first-order chi connectivity index (χ1) is 12.0. The molecule has 2 aromatic rings. The van der Waals surface area contributed by atoms with Crippen molar-refractivity contribution in [3.8, 4) is 0 Å². The molecule has 0 aliphatic carbocycles. The van der Waals surface area contributed by atoms with Gasteiger partial charge in [-0.15, -0.1) is 0 Å². The number of hydrogen-bond acceptors (Lipinski definition) is 5. The summed E-state index contributed by atoms with van der Waals surface area (Å²) in [6, 6.07) is 10.2. The lowest BCUT2D eigenvalue weighted by atomic mass is 10.2. The van der Waals surface area contributed by atoms with Crippen molar-refractivity contribution in [1.82, 2.24) is 18.3 Å². The Morgan fingerprint density at radius 1 is 1.00 bits per heavy atom. The maximum atomic E-state index is 12.5. The molecule has 1 aliphatic heterocycles. The Bertz CT molecular complexity index is 785. The van der Waals surface area contributed by atoms with E-state index in [0.717, 1.165) is 49.8 Å². The lowest BCUT2D eigenvalue weighted by molar-refractivity contribution is 0.106. The van der Waals surface area contributed by atoms with E-state index in [2.05, 4.69) is 23.6 Å². The van der Waals surface area contributed by atoms with Gasteiger partial charge in [-0.1, -0.05) is 30.3 Å². The molecule has 0 unspecified atom stereocenters. The molecule has 0 spiro atoms. The average molecular weight is 362 g/mol. The summed E-state index contributed by atoms with van der Waals surface area (Å²) in [4.78, 5) is 29.4. The van der Waals surface area contributed by atoms with Crippen molar-refractivity contribution in [2.24, 2.45) is 0 Å². The molecule has 1 aromatic heterocycles. The first-order valence-corrected chi connectivity index (χ1v) is 9.63. The van der Waals surface area contributed by atoms with Crippen LogP contribution in [0, 0.1) is 0 Å². The quantitative estimate of drug-likeness (QED) is 0.773. The van der Waals surface area contributed by atoms with Gasteiger partial charge < -0.3 is 0 Å². The third-order valence-corrected chi connectivity index (χ3v) is 5.73. The molecule has 2 heterocycles. The van der Waals surface area contributed by atoms with Crippen molar-refractivity contribution in [2.75, 3.05) is 32.7 Å². The fourth-order valence-electron chi connectivity index (χ4n) is 3.17. The predicted molar refractivity (Wildman–Crippen MR) is 102 cm³/mol. The zero-order valence-electron chi connectivity index (χ0n) is 14.9. The second kappa shape index (κ2) is 8.12. The van der Waals surface area contributed by atoms with Crippen molar-refractivity contribution in [3.05, 3.63) is 56.0 Å². The Hall–Kier alpha value is -1.70. The maximum absolute atomic E-state index is 12.5. The number of nitrogens with zero attached hydrogens (tertiary/aromatic N) is 4. The average Bonchev–Trinajstić information content (AvgIpc) is 2.89. The smallest absolute Gasteiger partial charge is 0.299 e. The number of benzene rings is 1. The number of hydrogen-bond donors (Lipinski definition) is 0. The van der Waals surface area contributed by atoms with Crippen LogP contribution < -0.4 is 10.6 Å². The van der Waals surface area contributed by atoms with Crippen molar-refractivity contribution in [3.63, 3.8) is 0 Å². The van der Waals surface area contributed by atoms with Crippen LogP contribution in [-0.4, -0.2) is 57.1 Å². The van der Waals surface area contributed by atoms with E-state index in [1.54, 1.807) is 3.96 Å². The summed E-state index contributed by atoms with van der Waals surface area (Å²) < 4.78 is 2.93. The van der Waals surface area contributed by atoms with E-state index in [1.807, 2.05) is 30.3 Å². The Morgan fingerprint density at radius 2 is 1.68 bits per heavy atom. The minimum Gasteiger partial charge on any atom is -0.299 e. The van der Waals surface area contributed by atoms with Gasteiger partial charge in [-0.3, -0.25) is 14.6 Å². The summed E-state index contributed by atoms with van der Waals surface area (Å²) in [5, 5.41) is 0. The lowest BCUT2D eigenvalue weighted by Gasteiger charge is -2.36. The molecule has 1 fully saturated rings. The summed E-state index contributed by atoms with van der Waals surface area (Å²) in [5.74, 6) is 0. The number of rotatable bonds is 6. The second-order valence-electron chi connectivity index (χ2n) is 6.78. The van der Waals surface area contributed by atoms with E-state index in [4.69, 9.17) is 0 Å². The Kier molecular flexibility index (Phi) is 5.88. The zero-order chi connectivity index (χ0) is 17.8. The van der Waals surface area contributed by atoms with E-state index in [0.29, 0.717) is 19.1 Å². The third kappa shape index (κ3) is 4.48. The molecular weight excluding hydrogens is 336 g/mol. The molecule has 3 rings (SSSR count). The van der Waals surface area contributed by atoms with Crippen LogP contribution in [0.3, 0.4) is 0 Å². The molecule has 136 valence electrons. The van der Waals surface area contributed by atoms with Crippen molar-refractivity contribution >= 4 is 11.5 Å². The molecule has 0 N–H and O–H groups in total. The van der Waals surface area contributed by atoms with Crippen LogP contribution in [0.15, 0.2) is 39.9 Å². The molecule has 0 amide bonds. The molecule has 7 heteroatoms. The molecule has 1 saturated heterocycles. The lowest BCUT2D eigenvalue weighted by Crippen LogP contribution is -2.49. The highest BCUT2D eigenvalue weighted by molar-refractivity contribution is 7.03. The van der Waals surface area contributed by atoms with Gasteiger partial charge in [-0.05, 0) is 19.4 Å². The normalized spacial score (nSPS) is 16.6. The molecule has 0 atom stereocenters. The highest BCUT2D eigenvalue weighted by Gasteiger charge is 2.19. The van der Waals surface area contributed by atoms with Gasteiger partial charge in [0.2, 0.25) is 0 Å². The van der Waals surface area contributed by atoms with Gasteiger partial charge in [0, 0.05) is 50.3 Å². The molecule has 0 radical (unpaired) electrons. The largest absolute Gasteiger partial charge is 0.341 e. The predicted octanol–water partition coefficient (Wildman–Crippen LogP) is 1.15. The van der Waals surface area contributed by atoms with E-state index < -0.39 is 0 Å². The summed E-state index contributed by atoms with van der Waals surface area (Å²) in [6.45, 7) is 10.4. The molecule has 25 heavy (non-hydrogen) atoms. The van der Waals surface area contributed by atoms with Crippen LogP contribution in [0.2, 0.25) is 0 Å². The summed E-state index contributed by atoms with van der Waals surface area (Å²) in [7, 11) is 0. The van der Waals surface area contributed by atoms with Gasteiger partial charge in [0.25, 0.3) is 0 Å². The number of aromatic nitrogens is 2. The topological polar surface area (TPSA) is 50.5 Å². The summed E-state index contributed by atoms with van der Waals surface area (Å²) in [5.41, 5.74) is 0.774.